The fourth-order valence-corrected chi connectivity index (χ4v) is 3.28. The average Bonchev–Trinajstić information content (AvgIpc) is 2.78. The fraction of sp³-hybridized carbons (Fsp3) is 0.0870. The van der Waals surface area contributed by atoms with Gasteiger partial charge in [0.1, 0.15) is 5.75 Å². The number of anilines is 1. The molecule has 6 nitrogen and oxygen atoms in total. The summed E-state index contributed by atoms with van der Waals surface area (Å²) in [6, 6.07) is 21.6. The van der Waals surface area contributed by atoms with Crippen LogP contribution in [0.15, 0.2) is 77.3 Å². The second-order valence-electron chi connectivity index (χ2n) is 6.57. The number of benzene rings is 3. The highest BCUT2D eigenvalue weighted by Gasteiger charge is 2.12. The zero-order valence-electron chi connectivity index (χ0n) is 16.6. The van der Waals surface area contributed by atoms with Gasteiger partial charge in [-0.15, -0.1) is 0 Å². The maximum Gasteiger partial charge on any atom is 0.276 e. The number of carbonyl (C=O) groups excluding carboxylic acids is 2. The van der Waals surface area contributed by atoms with Crippen LogP contribution in [0, 0.1) is 6.92 Å². The lowest BCUT2D eigenvalue weighted by atomic mass is 10.0. The molecule has 0 saturated heterocycles. The van der Waals surface area contributed by atoms with Gasteiger partial charge >= 0.3 is 0 Å². The quantitative estimate of drug-likeness (QED) is 0.266. The topological polar surface area (TPSA) is 79.5 Å². The zero-order chi connectivity index (χ0) is 22.2. The summed E-state index contributed by atoms with van der Waals surface area (Å²) in [4.78, 5) is 24.6. The monoisotopic (exact) mass is 497 g/mol. The van der Waals surface area contributed by atoms with Crippen molar-refractivity contribution in [3.63, 3.8) is 0 Å². The number of hydrazine groups is 1. The van der Waals surface area contributed by atoms with E-state index in [1.807, 2.05) is 49.4 Å². The Morgan fingerprint density at radius 2 is 1.65 bits per heavy atom. The molecular formula is C23H20BrN3O3S. The smallest absolute Gasteiger partial charge is 0.276 e. The third-order valence-electron chi connectivity index (χ3n) is 4.27. The minimum absolute atomic E-state index is 0.0664. The summed E-state index contributed by atoms with van der Waals surface area (Å²) in [6.45, 7) is 1.61. The molecule has 0 bridgehead atoms. The Balaban J connectivity index is 1.49. The number of hydrogen-bond acceptors (Lipinski definition) is 4. The number of amides is 1. The highest BCUT2D eigenvalue weighted by molar-refractivity contribution is 9.10. The lowest BCUT2D eigenvalue weighted by molar-refractivity contribution is -0.123. The third-order valence-corrected chi connectivity index (χ3v) is 5.16. The molecule has 0 aliphatic carbocycles. The number of nitrogens with one attached hydrogen (secondary N) is 3. The Labute approximate surface area is 194 Å². The second kappa shape index (κ2) is 10.7. The van der Waals surface area contributed by atoms with Crippen molar-refractivity contribution < 1.29 is 14.3 Å². The molecule has 3 rings (SSSR count). The Hall–Kier alpha value is -3.23. The standard InChI is InChI=1S/C23H20BrN3O3S/c1-15-13-17(22(29)16-7-3-2-4-8-16)11-12-20(15)30-14-21(28)26-27-23(31)25-19-10-6-5-9-18(19)24/h2-13H,14H2,1H3,(H,26,28)(H2,25,27,31). The van der Waals surface area contributed by atoms with Crippen molar-refractivity contribution in [2.24, 2.45) is 0 Å². The number of thiocarbonyl (C=S) groups is 1. The summed E-state index contributed by atoms with van der Waals surface area (Å²) < 4.78 is 6.42. The van der Waals surface area contributed by atoms with Gasteiger partial charge in [0.2, 0.25) is 0 Å². The summed E-state index contributed by atoms with van der Waals surface area (Å²) in [7, 11) is 0. The van der Waals surface area contributed by atoms with Crippen molar-refractivity contribution in [1.82, 2.24) is 10.9 Å². The van der Waals surface area contributed by atoms with Crippen LogP contribution in [0.5, 0.6) is 5.75 Å². The summed E-state index contributed by atoms with van der Waals surface area (Å²) >= 11 is 8.57. The van der Waals surface area contributed by atoms with Gasteiger partial charge in [0.05, 0.1) is 5.69 Å². The van der Waals surface area contributed by atoms with Crippen molar-refractivity contribution in [2.45, 2.75) is 6.92 Å². The summed E-state index contributed by atoms with van der Waals surface area (Å²) in [5.74, 6) is 0.0528. The molecule has 0 saturated carbocycles. The second-order valence-corrected chi connectivity index (χ2v) is 7.83. The Morgan fingerprint density at radius 1 is 0.935 bits per heavy atom. The molecule has 3 aromatic carbocycles. The Kier molecular flexibility index (Phi) is 7.75. The number of aryl methyl sites for hydroxylation is 1. The van der Waals surface area contributed by atoms with E-state index in [1.165, 1.54) is 0 Å². The van der Waals surface area contributed by atoms with Gasteiger partial charge in [-0.2, -0.15) is 0 Å². The van der Waals surface area contributed by atoms with Crippen molar-refractivity contribution in [3.8, 4) is 5.75 Å². The number of hydrogen-bond donors (Lipinski definition) is 3. The SMILES string of the molecule is Cc1cc(C(=O)c2ccccc2)ccc1OCC(=O)NNC(=S)Nc1ccccc1Br. The number of ether oxygens (including phenoxy) is 1. The molecule has 0 aliphatic rings. The molecule has 8 heteroatoms. The van der Waals surface area contributed by atoms with E-state index in [2.05, 4.69) is 32.1 Å². The Morgan fingerprint density at radius 3 is 2.35 bits per heavy atom. The van der Waals surface area contributed by atoms with Crippen LogP contribution in [0.4, 0.5) is 5.69 Å². The molecule has 0 spiro atoms. The van der Waals surface area contributed by atoms with Gasteiger partial charge in [-0.1, -0.05) is 42.5 Å². The van der Waals surface area contributed by atoms with Crippen LogP contribution in [0.3, 0.4) is 0 Å². The average molecular weight is 498 g/mol. The molecule has 0 aliphatic heterocycles. The van der Waals surface area contributed by atoms with Gasteiger partial charge in [-0.3, -0.25) is 20.4 Å². The minimum atomic E-state index is -0.403. The molecule has 0 aromatic heterocycles. The molecule has 3 aromatic rings. The first-order valence-corrected chi connectivity index (χ1v) is 10.6. The van der Waals surface area contributed by atoms with Crippen molar-refractivity contribution in [2.75, 3.05) is 11.9 Å². The molecule has 0 atom stereocenters. The van der Waals surface area contributed by atoms with Gasteiger partial charge in [-0.05, 0) is 71.0 Å². The molecular weight excluding hydrogens is 478 g/mol. The van der Waals surface area contributed by atoms with Crippen LogP contribution in [-0.4, -0.2) is 23.4 Å². The minimum Gasteiger partial charge on any atom is -0.483 e. The number of ketones is 1. The number of rotatable bonds is 6. The third kappa shape index (κ3) is 6.37. The van der Waals surface area contributed by atoms with Crippen molar-refractivity contribution >= 4 is 50.6 Å². The highest BCUT2D eigenvalue weighted by Crippen LogP contribution is 2.22. The largest absolute Gasteiger partial charge is 0.483 e. The van der Waals surface area contributed by atoms with E-state index in [9.17, 15) is 9.59 Å². The van der Waals surface area contributed by atoms with E-state index in [4.69, 9.17) is 17.0 Å². The predicted octanol–water partition coefficient (Wildman–Crippen LogP) is 4.39. The highest BCUT2D eigenvalue weighted by atomic mass is 79.9. The van der Waals surface area contributed by atoms with Crippen LogP contribution >= 0.6 is 28.1 Å². The van der Waals surface area contributed by atoms with Crippen LogP contribution in [0.25, 0.3) is 0 Å². The van der Waals surface area contributed by atoms with E-state index in [-0.39, 0.29) is 17.5 Å². The van der Waals surface area contributed by atoms with Crippen molar-refractivity contribution in [1.29, 1.82) is 0 Å². The maximum atomic E-state index is 12.5. The van der Waals surface area contributed by atoms with Gasteiger partial charge in [-0.25, -0.2) is 0 Å². The number of carbonyl (C=O) groups is 2. The Bertz CT molecular complexity index is 1110. The van der Waals surface area contributed by atoms with Crippen LogP contribution in [0.2, 0.25) is 0 Å². The summed E-state index contributed by atoms with van der Waals surface area (Å²) in [5.41, 5.74) is 7.81. The van der Waals surface area contributed by atoms with E-state index < -0.39 is 5.91 Å². The zero-order valence-corrected chi connectivity index (χ0v) is 19.0. The van der Waals surface area contributed by atoms with Crippen LogP contribution in [0.1, 0.15) is 21.5 Å². The molecule has 158 valence electrons. The number of para-hydroxylation sites is 1. The fourth-order valence-electron chi connectivity index (χ4n) is 2.73. The van der Waals surface area contributed by atoms with E-state index in [0.717, 1.165) is 15.7 Å². The molecule has 1 amide bonds. The first-order chi connectivity index (χ1) is 14.9. The van der Waals surface area contributed by atoms with Gasteiger partial charge < -0.3 is 10.1 Å². The number of halogens is 1. The summed E-state index contributed by atoms with van der Waals surface area (Å²) in [5, 5.41) is 3.20. The van der Waals surface area contributed by atoms with Crippen molar-refractivity contribution in [3.05, 3.63) is 94.0 Å². The van der Waals surface area contributed by atoms with Gasteiger partial charge in [0, 0.05) is 15.6 Å². The van der Waals surface area contributed by atoms with Gasteiger partial charge in [0.15, 0.2) is 17.5 Å². The normalized spacial score (nSPS) is 10.1. The van der Waals surface area contributed by atoms with E-state index >= 15 is 0 Å². The lowest BCUT2D eigenvalue weighted by Gasteiger charge is -2.14. The molecule has 3 N–H and O–H groups in total. The maximum absolute atomic E-state index is 12.5. The first kappa shape index (κ1) is 22.5. The molecule has 31 heavy (non-hydrogen) atoms. The molecule has 0 heterocycles. The molecule has 0 unspecified atom stereocenters. The van der Waals surface area contributed by atoms with Gasteiger partial charge in [0.25, 0.3) is 5.91 Å². The lowest BCUT2D eigenvalue weighted by Crippen LogP contribution is -2.45. The van der Waals surface area contributed by atoms with E-state index in [1.54, 1.807) is 30.3 Å². The predicted molar refractivity (Wildman–Crippen MR) is 128 cm³/mol. The molecule has 0 fully saturated rings. The summed E-state index contributed by atoms with van der Waals surface area (Å²) in [6.07, 6.45) is 0. The molecule has 0 radical (unpaired) electrons. The first-order valence-electron chi connectivity index (χ1n) is 9.37. The van der Waals surface area contributed by atoms with E-state index in [0.29, 0.717) is 16.9 Å². The van der Waals surface area contributed by atoms with Crippen LogP contribution < -0.4 is 20.9 Å². The van der Waals surface area contributed by atoms with Crippen LogP contribution in [-0.2, 0) is 4.79 Å².